The maximum atomic E-state index is 12.8. The summed E-state index contributed by atoms with van der Waals surface area (Å²) in [6.45, 7) is 1.85. The summed E-state index contributed by atoms with van der Waals surface area (Å²) in [6, 6.07) is 3.72. The third-order valence-corrected chi connectivity index (χ3v) is 5.16. The van der Waals surface area contributed by atoms with Crippen molar-refractivity contribution in [1.82, 2.24) is 10.6 Å². The van der Waals surface area contributed by atoms with Crippen LogP contribution in [0.2, 0.25) is 0 Å². The van der Waals surface area contributed by atoms with E-state index in [-0.39, 0.29) is 6.42 Å². The van der Waals surface area contributed by atoms with Crippen LogP contribution in [0.15, 0.2) is 33.5 Å². The van der Waals surface area contributed by atoms with E-state index in [0.29, 0.717) is 16.5 Å². The number of hydrogen-bond donors (Lipinski definition) is 3. The number of benzene rings is 1. The lowest BCUT2D eigenvalue weighted by Crippen LogP contribution is -2.54. The maximum absolute atomic E-state index is 12.8. The second-order valence-corrected chi connectivity index (χ2v) is 8.39. The largest absolute Gasteiger partial charge is 0.481 e. The molecular weight excluding hydrogens is 449 g/mol. The van der Waals surface area contributed by atoms with Crippen LogP contribution in [0.5, 0.6) is 0 Å². The first-order valence-corrected chi connectivity index (χ1v) is 10.6. The highest BCUT2D eigenvalue weighted by Crippen LogP contribution is 2.23. The van der Waals surface area contributed by atoms with Crippen LogP contribution in [0.25, 0.3) is 11.0 Å². The smallest absolute Gasteiger partial charge is 0.336 e. The molecule has 0 fully saturated rings. The Kier molecular flexibility index (Phi) is 8.88. The highest BCUT2D eigenvalue weighted by molar-refractivity contribution is 5.96. The number of nitrogens with one attached hydrogen (secondary N) is 2. The Morgan fingerprint density at radius 2 is 1.79 bits per heavy atom. The highest BCUT2D eigenvalue weighted by Gasteiger charge is 2.30. The standard InChI is InChI=1S/C23H28FN3O7/c1-12(2)22(23(33)25-16(10-20(30)31)17(28)11-24)26-19(29)7-13-8-21(32)34-18-9-14(27(3)4)5-6-15(13)18/h5-6,8-9,12,16,22H,7,10-11H2,1-4H3,(H,25,33)(H,26,29)(H,30,31)/t16?,22-/m0/s1. The van der Waals surface area contributed by atoms with Crippen molar-refractivity contribution >= 4 is 40.2 Å². The van der Waals surface area contributed by atoms with Gasteiger partial charge in [0.25, 0.3) is 0 Å². The van der Waals surface area contributed by atoms with Crippen molar-refractivity contribution in [2.24, 2.45) is 5.92 Å². The molecule has 0 saturated heterocycles. The lowest BCUT2D eigenvalue weighted by Gasteiger charge is -2.24. The topological polar surface area (TPSA) is 146 Å². The fourth-order valence-electron chi connectivity index (χ4n) is 3.35. The highest BCUT2D eigenvalue weighted by atomic mass is 19.1. The molecule has 0 spiro atoms. The number of nitrogens with zero attached hydrogens (tertiary/aromatic N) is 1. The summed E-state index contributed by atoms with van der Waals surface area (Å²) < 4.78 is 18.0. The molecule has 0 saturated carbocycles. The minimum Gasteiger partial charge on any atom is -0.481 e. The van der Waals surface area contributed by atoms with Gasteiger partial charge in [0.15, 0.2) is 5.78 Å². The van der Waals surface area contributed by atoms with Gasteiger partial charge in [-0.2, -0.15) is 0 Å². The number of carboxylic acids is 1. The van der Waals surface area contributed by atoms with Crippen molar-refractivity contribution in [3.05, 3.63) is 40.2 Å². The zero-order valence-corrected chi connectivity index (χ0v) is 19.4. The van der Waals surface area contributed by atoms with Crippen LogP contribution in [0.4, 0.5) is 10.1 Å². The number of aliphatic carboxylic acids is 1. The zero-order valence-electron chi connectivity index (χ0n) is 19.4. The summed E-state index contributed by atoms with van der Waals surface area (Å²) in [5.74, 6) is -4.29. The van der Waals surface area contributed by atoms with Gasteiger partial charge in [0.05, 0.1) is 12.8 Å². The van der Waals surface area contributed by atoms with Crippen LogP contribution in [-0.2, 0) is 25.6 Å². The first-order valence-electron chi connectivity index (χ1n) is 10.6. The van der Waals surface area contributed by atoms with Gasteiger partial charge in [0.1, 0.15) is 24.3 Å². The summed E-state index contributed by atoms with van der Waals surface area (Å²) in [6.07, 6.45) is -1.02. The molecule has 0 radical (unpaired) electrons. The number of anilines is 1. The second kappa shape index (κ2) is 11.4. The van der Waals surface area contributed by atoms with Crippen molar-refractivity contribution in [3.8, 4) is 0 Å². The summed E-state index contributed by atoms with van der Waals surface area (Å²) in [4.78, 5) is 61.9. The number of carboxylic acid groups (broad SMARTS) is 1. The van der Waals surface area contributed by atoms with Gasteiger partial charge in [-0.1, -0.05) is 13.8 Å². The molecule has 184 valence electrons. The van der Waals surface area contributed by atoms with Crippen molar-refractivity contribution in [2.45, 2.75) is 38.8 Å². The third-order valence-electron chi connectivity index (χ3n) is 5.16. The predicted octanol–water partition coefficient (Wildman–Crippen LogP) is 1.04. The Bertz CT molecular complexity index is 1140. The first-order chi connectivity index (χ1) is 15.9. The van der Waals surface area contributed by atoms with Gasteiger partial charge in [0.2, 0.25) is 11.8 Å². The number of rotatable bonds is 11. The van der Waals surface area contributed by atoms with Crippen molar-refractivity contribution < 1.29 is 33.1 Å². The van der Waals surface area contributed by atoms with Gasteiger partial charge in [-0.3, -0.25) is 19.2 Å². The van der Waals surface area contributed by atoms with Gasteiger partial charge in [-0.25, -0.2) is 9.18 Å². The van der Waals surface area contributed by atoms with Crippen molar-refractivity contribution in [1.29, 1.82) is 0 Å². The molecule has 1 heterocycles. The van der Waals surface area contributed by atoms with Crippen LogP contribution in [0.1, 0.15) is 25.8 Å². The number of Topliss-reactive ketones (excluding diaryl/α,β-unsaturated/α-hetero) is 1. The Morgan fingerprint density at radius 1 is 1.12 bits per heavy atom. The van der Waals surface area contributed by atoms with E-state index >= 15 is 0 Å². The molecule has 0 aliphatic rings. The Balaban J connectivity index is 2.22. The monoisotopic (exact) mass is 477 g/mol. The lowest BCUT2D eigenvalue weighted by atomic mass is 10.0. The molecule has 34 heavy (non-hydrogen) atoms. The molecule has 0 aliphatic heterocycles. The number of ketones is 1. The molecule has 10 nitrogen and oxygen atoms in total. The normalized spacial score (nSPS) is 12.8. The zero-order chi connectivity index (χ0) is 25.6. The molecule has 2 amide bonds. The maximum Gasteiger partial charge on any atom is 0.336 e. The van der Waals surface area contributed by atoms with Crippen LogP contribution < -0.4 is 21.2 Å². The van der Waals surface area contributed by atoms with E-state index in [1.54, 1.807) is 32.0 Å². The van der Waals surface area contributed by atoms with Gasteiger partial charge in [-0.15, -0.1) is 0 Å². The van der Waals surface area contributed by atoms with Gasteiger partial charge < -0.3 is 25.1 Å². The Labute approximate surface area is 195 Å². The number of carbonyl (C=O) groups is 4. The molecule has 0 bridgehead atoms. The SMILES string of the molecule is CC(C)[C@H](NC(=O)Cc1cc(=O)oc2cc(N(C)C)ccc12)C(=O)NC(CC(=O)O)C(=O)CF. The van der Waals surface area contributed by atoms with E-state index in [9.17, 15) is 28.4 Å². The van der Waals surface area contributed by atoms with E-state index in [0.717, 1.165) is 5.69 Å². The number of fused-ring (bicyclic) bond motifs is 1. The Morgan fingerprint density at radius 3 is 2.35 bits per heavy atom. The number of amides is 2. The molecule has 0 aliphatic carbocycles. The van der Waals surface area contributed by atoms with Crippen LogP contribution in [-0.4, -0.2) is 61.5 Å². The molecule has 3 N–H and O–H groups in total. The van der Waals surface area contributed by atoms with Crippen molar-refractivity contribution in [2.75, 3.05) is 25.7 Å². The minimum absolute atomic E-state index is 0.234. The molecule has 1 unspecified atom stereocenters. The van der Waals surface area contributed by atoms with Crippen LogP contribution in [0, 0.1) is 5.92 Å². The van der Waals surface area contributed by atoms with E-state index < -0.39 is 60.3 Å². The molecule has 1 aromatic carbocycles. The molecule has 2 atom stereocenters. The second-order valence-electron chi connectivity index (χ2n) is 8.39. The quantitative estimate of drug-likeness (QED) is 0.407. The number of alkyl halides is 1. The summed E-state index contributed by atoms with van der Waals surface area (Å²) >= 11 is 0. The molecular formula is C23H28FN3O7. The van der Waals surface area contributed by atoms with Crippen molar-refractivity contribution in [3.63, 3.8) is 0 Å². The number of halogens is 1. The molecule has 1 aromatic heterocycles. The third kappa shape index (κ3) is 6.87. The summed E-state index contributed by atoms with van der Waals surface area (Å²) in [7, 11) is 3.66. The van der Waals surface area contributed by atoms with Gasteiger partial charge in [0, 0.05) is 37.3 Å². The van der Waals surface area contributed by atoms with E-state index in [4.69, 9.17) is 9.52 Å². The predicted molar refractivity (Wildman–Crippen MR) is 122 cm³/mol. The summed E-state index contributed by atoms with van der Waals surface area (Å²) in [5.41, 5.74) is 0.868. The lowest BCUT2D eigenvalue weighted by molar-refractivity contribution is -0.140. The number of hydrogen-bond acceptors (Lipinski definition) is 7. The molecule has 2 rings (SSSR count). The first kappa shape index (κ1) is 26.5. The van der Waals surface area contributed by atoms with Gasteiger partial charge in [-0.05, 0) is 23.6 Å². The fraction of sp³-hybridized carbons (Fsp3) is 0.435. The van der Waals surface area contributed by atoms with Gasteiger partial charge >= 0.3 is 11.6 Å². The average Bonchev–Trinajstić information content (AvgIpc) is 2.75. The van der Waals surface area contributed by atoms with Crippen LogP contribution >= 0.6 is 0 Å². The van der Waals surface area contributed by atoms with E-state index in [2.05, 4.69) is 10.6 Å². The number of carbonyl (C=O) groups excluding carboxylic acids is 3. The van der Waals surface area contributed by atoms with Crippen LogP contribution in [0.3, 0.4) is 0 Å². The fourth-order valence-corrected chi connectivity index (χ4v) is 3.35. The minimum atomic E-state index is -1.55. The van der Waals surface area contributed by atoms with E-state index in [1.165, 1.54) is 6.07 Å². The van der Waals surface area contributed by atoms with E-state index in [1.807, 2.05) is 19.0 Å². The average molecular weight is 477 g/mol. The molecule has 11 heteroatoms. The summed E-state index contributed by atoms with van der Waals surface area (Å²) in [5, 5.41) is 14.2. The Hall–Kier alpha value is -3.76. The molecule has 2 aromatic rings.